The third-order valence-electron chi connectivity index (χ3n) is 5.54. The maximum atomic E-state index is 12.8. The molecule has 3 aromatic heterocycles. The molecule has 0 bridgehead atoms. The Labute approximate surface area is 179 Å². The molecule has 0 N–H and O–H groups in total. The fraction of sp³-hybridized carbons (Fsp3) is 0.261. The molecule has 0 radical (unpaired) electrons. The van der Waals surface area contributed by atoms with Gasteiger partial charge in [0.25, 0.3) is 0 Å². The number of ether oxygens (including phenoxy) is 1. The van der Waals surface area contributed by atoms with Crippen molar-refractivity contribution in [2.24, 2.45) is 0 Å². The zero-order valence-electron chi connectivity index (χ0n) is 17.0. The summed E-state index contributed by atoms with van der Waals surface area (Å²) in [6.45, 7) is 1.61. The first-order valence-corrected chi connectivity index (χ1v) is 10.3. The van der Waals surface area contributed by atoms with E-state index >= 15 is 0 Å². The van der Waals surface area contributed by atoms with Gasteiger partial charge in [0, 0.05) is 56.3 Å². The number of carbonyl (C=O) groups excluding carboxylic acids is 1. The second-order valence-electron chi connectivity index (χ2n) is 7.55. The Balaban J connectivity index is 1.15. The van der Waals surface area contributed by atoms with Gasteiger partial charge in [-0.15, -0.1) is 0 Å². The normalized spacial score (nSPS) is 14.6. The first kappa shape index (κ1) is 19.2. The number of amides is 1. The Morgan fingerprint density at radius 1 is 0.968 bits per heavy atom. The van der Waals surface area contributed by atoms with E-state index in [1.54, 1.807) is 31.1 Å². The molecule has 1 aliphatic heterocycles. The summed E-state index contributed by atoms with van der Waals surface area (Å²) in [5.74, 6) is 0.0968. The lowest BCUT2D eigenvalue weighted by Gasteiger charge is -2.31. The van der Waals surface area contributed by atoms with Gasteiger partial charge in [0.05, 0.1) is 17.4 Å². The van der Waals surface area contributed by atoms with E-state index in [0.29, 0.717) is 25.6 Å². The summed E-state index contributed by atoms with van der Waals surface area (Å²) < 4.78 is 7.85. The number of pyridine rings is 1. The van der Waals surface area contributed by atoms with E-state index in [1.807, 2.05) is 45.9 Å². The fourth-order valence-electron chi connectivity index (χ4n) is 3.82. The monoisotopic (exact) mass is 414 g/mol. The number of hydrogen-bond donors (Lipinski definition) is 0. The molecule has 1 aromatic carbocycles. The van der Waals surface area contributed by atoms with E-state index in [9.17, 15) is 4.79 Å². The molecule has 0 atom stereocenters. The smallest absolute Gasteiger partial charge is 0.316 e. The van der Waals surface area contributed by atoms with Gasteiger partial charge < -0.3 is 14.2 Å². The van der Waals surface area contributed by atoms with Crippen LogP contribution in [0.5, 0.6) is 6.01 Å². The number of fused-ring (bicyclic) bond motifs is 1. The average Bonchev–Trinajstić information content (AvgIpc) is 3.23. The van der Waals surface area contributed by atoms with E-state index in [4.69, 9.17) is 4.74 Å². The van der Waals surface area contributed by atoms with E-state index in [0.717, 1.165) is 35.0 Å². The quantitative estimate of drug-likeness (QED) is 0.499. The molecule has 31 heavy (non-hydrogen) atoms. The van der Waals surface area contributed by atoms with Gasteiger partial charge in [-0.2, -0.15) is 0 Å². The van der Waals surface area contributed by atoms with Crippen molar-refractivity contribution in [2.75, 3.05) is 13.1 Å². The molecule has 8 heteroatoms. The van der Waals surface area contributed by atoms with Crippen molar-refractivity contribution in [1.29, 1.82) is 0 Å². The Hall–Kier alpha value is -3.81. The minimum Gasteiger partial charge on any atom is -0.460 e. The van der Waals surface area contributed by atoms with Crippen molar-refractivity contribution in [1.82, 2.24) is 29.4 Å². The minimum atomic E-state index is 0.00454. The molecule has 4 heterocycles. The number of piperidine rings is 1. The Kier molecular flexibility index (Phi) is 5.26. The van der Waals surface area contributed by atoms with Crippen LogP contribution in [0.15, 0.2) is 67.5 Å². The maximum Gasteiger partial charge on any atom is 0.316 e. The molecule has 5 rings (SSSR count). The summed E-state index contributed by atoms with van der Waals surface area (Å²) >= 11 is 0. The van der Waals surface area contributed by atoms with Crippen LogP contribution in [0.2, 0.25) is 0 Å². The van der Waals surface area contributed by atoms with Gasteiger partial charge in [-0.1, -0.05) is 12.1 Å². The van der Waals surface area contributed by atoms with Gasteiger partial charge in [0.1, 0.15) is 12.6 Å². The summed E-state index contributed by atoms with van der Waals surface area (Å²) in [7, 11) is 0. The Bertz CT molecular complexity index is 1170. The SMILES string of the molecule is O=C(Cn1cnc2ccccc21)N1CCC(Oc2ncc(-c3ccncc3)cn2)CC1. The summed E-state index contributed by atoms with van der Waals surface area (Å²) in [4.78, 5) is 31.7. The molecule has 1 fully saturated rings. The van der Waals surface area contributed by atoms with E-state index in [1.165, 1.54) is 0 Å². The summed E-state index contributed by atoms with van der Waals surface area (Å²) in [6.07, 6.45) is 10.2. The van der Waals surface area contributed by atoms with Crippen LogP contribution >= 0.6 is 0 Å². The average molecular weight is 414 g/mol. The van der Waals surface area contributed by atoms with Crippen LogP contribution in [0, 0.1) is 0 Å². The van der Waals surface area contributed by atoms with Gasteiger partial charge in [-0.05, 0) is 29.8 Å². The van der Waals surface area contributed by atoms with Crippen LogP contribution in [-0.4, -0.2) is 54.5 Å². The number of aromatic nitrogens is 5. The second kappa shape index (κ2) is 8.51. The molecule has 0 aliphatic carbocycles. The van der Waals surface area contributed by atoms with Crippen molar-refractivity contribution in [3.63, 3.8) is 0 Å². The summed E-state index contributed by atoms with van der Waals surface area (Å²) in [6, 6.07) is 12.0. The number of likely N-dealkylation sites (tertiary alicyclic amines) is 1. The standard InChI is InChI=1S/C23H22N6O2/c30-22(15-29-16-27-20-3-1-2-4-21(20)29)28-11-7-19(8-12-28)31-23-25-13-18(14-26-23)17-5-9-24-10-6-17/h1-6,9-10,13-14,16,19H,7-8,11-12,15H2. The van der Waals surface area contributed by atoms with Crippen LogP contribution in [0.25, 0.3) is 22.2 Å². The first-order valence-electron chi connectivity index (χ1n) is 10.3. The predicted octanol–water partition coefficient (Wildman–Crippen LogP) is 2.96. The molecule has 4 aromatic rings. The summed E-state index contributed by atoms with van der Waals surface area (Å²) in [5, 5.41) is 0. The number of rotatable bonds is 5. The van der Waals surface area contributed by atoms with Crippen molar-refractivity contribution >= 4 is 16.9 Å². The highest BCUT2D eigenvalue weighted by Gasteiger charge is 2.25. The fourth-order valence-corrected chi connectivity index (χ4v) is 3.82. The number of hydrogen-bond acceptors (Lipinski definition) is 6. The third-order valence-corrected chi connectivity index (χ3v) is 5.54. The maximum absolute atomic E-state index is 12.8. The van der Waals surface area contributed by atoms with E-state index in [-0.39, 0.29) is 12.0 Å². The topological polar surface area (TPSA) is 86.0 Å². The highest BCUT2D eigenvalue weighted by atomic mass is 16.5. The van der Waals surface area contributed by atoms with Gasteiger partial charge in [0.2, 0.25) is 5.91 Å². The van der Waals surface area contributed by atoms with Gasteiger partial charge >= 0.3 is 6.01 Å². The summed E-state index contributed by atoms with van der Waals surface area (Å²) in [5.41, 5.74) is 3.81. The van der Waals surface area contributed by atoms with Crippen molar-refractivity contribution < 1.29 is 9.53 Å². The third kappa shape index (κ3) is 4.23. The predicted molar refractivity (Wildman–Crippen MR) is 115 cm³/mol. The van der Waals surface area contributed by atoms with Crippen molar-refractivity contribution in [2.45, 2.75) is 25.5 Å². The van der Waals surface area contributed by atoms with Crippen molar-refractivity contribution in [3.05, 3.63) is 67.5 Å². The molecular formula is C23H22N6O2. The van der Waals surface area contributed by atoms with Crippen LogP contribution in [0.1, 0.15) is 12.8 Å². The van der Waals surface area contributed by atoms with Gasteiger partial charge in [0.15, 0.2) is 0 Å². The largest absolute Gasteiger partial charge is 0.460 e. The van der Waals surface area contributed by atoms with Crippen LogP contribution in [0.3, 0.4) is 0 Å². The minimum absolute atomic E-state index is 0.00454. The van der Waals surface area contributed by atoms with Gasteiger partial charge in [-0.3, -0.25) is 9.78 Å². The molecule has 0 spiro atoms. The van der Waals surface area contributed by atoms with Gasteiger partial charge in [-0.25, -0.2) is 15.0 Å². The molecule has 1 saturated heterocycles. The van der Waals surface area contributed by atoms with Crippen LogP contribution in [-0.2, 0) is 11.3 Å². The molecular weight excluding hydrogens is 392 g/mol. The lowest BCUT2D eigenvalue weighted by molar-refractivity contribution is -0.133. The number of imidazole rings is 1. The number of benzene rings is 1. The highest BCUT2D eigenvalue weighted by Crippen LogP contribution is 2.20. The number of para-hydroxylation sites is 2. The lowest BCUT2D eigenvalue weighted by Crippen LogP contribution is -2.43. The van der Waals surface area contributed by atoms with E-state index in [2.05, 4.69) is 19.9 Å². The Morgan fingerprint density at radius 2 is 1.71 bits per heavy atom. The van der Waals surface area contributed by atoms with Crippen molar-refractivity contribution in [3.8, 4) is 17.1 Å². The molecule has 1 amide bonds. The zero-order valence-corrected chi connectivity index (χ0v) is 17.0. The number of nitrogens with zero attached hydrogens (tertiary/aromatic N) is 6. The highest BCUT2D eigenvalue weighted by molar-refractivity contribution is 5.80. The zero-order chi connectivity index (χ0) is 21.0. The molecule has 8 nitrogen and oxygen atoms in total. The molecule has 0 unspecified atom stereocenters. The second-order valence-corrected chi connectivity index (χ2v) is 7.55. The van der Waals surface area contributed by atoms with Crippen LogP contribution < -0.4 is 4.74 Å². The lowest BCUT2D eigenvalue weighted by atomic mass is 10.1. The molecule has 0 saturated carbocycles. The van der Waals surface area contributed by atoms with Crippen LogP contribution in [0.4, 0.5) is 0 Å². The number of carbonyl (C=O) groups is 1. The first-order chi connectivity index (χ1) is 15.3. The molecule has 156 valence electrons. The molecule has 1 aliphatic rings. The van der Waals surface area contributed by atoms with E-state index < -0.39 is 0 Å². The Morgan fingerprint density at radius 3 is 2.48 bits per heavy atom.